The molecule has 0 bridgehead atoms. The molecule has 2 heterocycles. The molecule has 0 aromatic heterocycles. The van der Waals surface area contributed by atoms with Crippen LogP contribution in [0, 0.1) is 0 Å². The Bertz CT molecular complexity index is 1150. The summed E-state index contributed by atoms with van der Waals surface area (Å²) in [5.41, 5.74) is 2.49. The van der Waals surface area contributed by atoms with Gasteiger partial charge >= 0.3 is 5.97 Å². The van der Waals surface area contributed by atoms with Gasteiger partial charge in [-0.2, -0.15) is 0 Å². The summed E-state index contributed by atoms with van der Waals surface area (Å²) in [7, 11) is 0. The molecule has 2 aliphatic heterocycles. The minimum Gasteiger partial charge on any atom is -0.490 e. The molecule has 0 radical (unpaired) electrons. The van der Waals surface area contributed by atoms with Gasteiger partial charge in [0.15, 0.2) is 16.7 Å². The lowest BCUT2D eigenvalue weighted by atomic mass is 9.94. The van der Waals surface area contributed by atoms with Gasteiger partial charge < -0.3 is 14.2 Å². The fraction of sp³-hybridized carbons (Fsp3) is 0.346. The number of amidine groups is 1. The number of ether oxygens (including phenoxy) is 3. The molecule has 0 aliphatic carbocycles. The van der Waals surface area contributed by atoms with Crippen LogP contribution in [0.5, 0.6) is 11.5 Å². The number of thioether (sulfide) groups is 1. The van der Waals surface area contributed by atoms with E-state index in [2.05, 4.69) is 4.99 Å². The number of benzene rings is 2. The maximum atomic E-state index is 13.4. The SMILES string of the molecule is CCOc1ccc([C@@H]2C(C(=O)OCc3ccccc3)=C(C)N=C3S[C@H](C)C(=O)N32)cc1OCC. The Kier molecular flexibility index (Phi) is 7.26. The van der Waals surface area contributed by atoms with Crippen molar-refractivity contribution in [1.29, 1.82) is 0 Å². The summed E-state index contributed by atoms with van der Waals surface area (Å²) < 4.78 is 17.2. The van der Waals surface area contributed by atoms with Crippen molar-refractivity contribution < 1.29 is 23.8 Å². The van der Waals surface area contributed by atoms with E-state index < -0.39 is 12.0 Å². The van der Waals surface area contributed by atoms with E-state index in [1.165, 1.54) is 11.8 Å². The minimum absolute atomic E-state index is 0.0959. The lowest BCUT2D eigenvalue weighted by Crippen LogP contribution is -2.40. The van der Waals surface area contributed by atoms with Crippen LogP contribution in [0.3, 0.4) is 0 Å². The number of aliphatic imine (C=N–C) groups is 1. The van der Waals surface area contributed by atoms with Gasteiger partial charge in [-0.25, -0.2) is 9.79 Å². The van der Waals surface area contributed by atoms with Gasteiger partial charge in [-0.05, 0) is 51.0 Å². The highest BCUT2D eigenvalue weighted by Gasteiger charge is 2.46. The lowest BCUT2D eigenvalue weighted by molar-refractivity contribution is -0.141. The van der Waals surface area contributed by atoms with E-state index in [1.807, 2.05) is 69.3 Å². The molecule has 1 fully saturated rings. The Morgan fingerprint density at radius 2 is 1.76 bits per heavy atom. The van der Waals surface area contributed by atoms with Gasteiger partial charge in [-0.1, -0.05) is 48.2 Å². The first-order chi connectivity index (χ1) is 16.4. The fourth-order valence-corrected chi connectivity index (χ4v) is 5.05. The molecule has 8 heteroatoms. The molecule has 1 amide bonds. The Hall–Kier alpha value is -3.26. The van der Waals surface area contributed by atoms with Crippen LogP contribution in [0.25, 0.3) is 0 Å². The summed E-state index contributed by atoms with van der Waals surface area (Å²) >= 11 is 1.39. The largest absolute Gasteiger partial charge is 0.490 e. The smallest absolute Gasteiger partial charge is 0.338 e. The van der Waals surface area contributed by atoms with Crippen LogP contribution < -0.4 is 9.47 Å². The number of rotatable bonds is 8. The first-order valence-electron chi connectivity index (χ1n) is 11.3. The molecule has 2 aromatic rings. The predicted molar refractivity (Wildman–Crippen MR) is 132 cm³/mol. The molecule has 2 atom stereocenters. The molecule has 2 aromatic carbocycles. The number of esters is 1. The van der Waals surface area contributed by atoms with Crippen molar-refractivity contribution in [3.05, 3.63) is 70.9 Å². The van der Waals surface area contributed by atoms with E-state index in [-0.39, 0.29) is 17.8 Å². The van der Waals surface area contributed by atoms with Crippen LogP contribution in [0.2, 0.25) is 0 Å². The molecule has 34 heavy (non-hydrogen) atoms. The normalized spacial score (nSPS) is 19.6. The van der Waals surface area contributed by atoms with Crippen LogP contribution in [-0.4, -0.2) is 40.4 Å². The summed E-state index contributed by atoms with van der Waals surface area (Å²) in [6, 6.07) is 14.3. The first kappa shape index (κ1) is 23.9. The summed E-state index contributed by atoms with van der Waals surface area (Å²) in [6.45, 7) is 8.51. The van der Waals surface area contributed by atoms with Crippen molar-refractivity contribution in [2.45, 2.75) is 45.6 Å². The number of nitrogens with zero attached hydrogens (tertiary/aromatic N) is 2. The van der Waals surface area contributed by atoms with E-state index in [0.717, 1.165) is 11.1 Å². The van der Waals surface area contributed by atoms with Crippen LogP contribution >= 0.6 is 11.8 Å². The topological polar surface area (TPSA) is 77.4 Å². The zero-order valence-electron chi connectivity index (χ0n) is 19.7. The van der Waals surface area contributed by atoms with E-state index >= 15 is 0 Å². The van der Waals surface area contributed by atoms with Gasteiger partial charge in [-0.15, -0.1) is 0 Å². The van der Waals surface area contributed by atoms with Crippen molar-refractivity contribution in [1.82, 2.24) is 4.90 Å². The highest BCUT2D eigenvalue weighted by atomic mass is 32.2. The van der Waals surface area contributed by atoms with E-state index in [9.17, 15) is 9.59 Å². The van der Waals surface area contributed by atoms with E-state index in [0.29, 0.717) is 41.2 Å². The van der Waals surface area contributed by atoms with Crippen molar-refractivity contribution >= 4 is 28.8 Å². The van der Waals surface area contributed by atoms with Crippen molar-refractivity contribution in [2.24, 2.45) is 4.99 Å². The number of hydrogen-bond acceptors (Lipinski definition) is 7. The molecule has 4 rings (SSSR count). The molecule has 0 N–H and O–H groups in total. The van der Waals surface area contributed by atoms with Crippen molar-refractivity contribution in [2.75, 3.05) is 13.2 Å². The molecular formula is C26H28N2O5S. The first-order valence-corrected chi connectivity index (χ1v) is 12.2. The van der Waals surface area contributed by atoms with Crippen molar-refractivity contribution in [3.63, 3.8) is 0 Å². The second-order valence-corrected chi connectivity index (χ2v) is 9.21. The number of hydrogen-bond donors (Lipinski definition) is 0. The van der Waals surface area contributed by atoms with Crippen LogP contribution in [0.1, 0.15) is 44.9 Å². The Labute approximate surface area is 203 Å². The van der Waals surface area contributed by atoms with Gasteiger partial charge in [0.1, 0.15) is 6.61 Å². The third-order valence-electron chi connectivity index (χ3n) is 5.57. The van der Waals surface area contributed by atoms with Gasteiger partial charge in [-0.3, -0.25) is 9.69 Å². The number of carbonyl (C=O) groups is 2. The average Bonchev–Trinajstić information content (AvgIpc) is 3.11. The van der Waals surface area contributed by atoms with Crippen LogP contribution in [0.15, 0.2) is 64.8 Å². The third-order valence-corrected chi connectivity index (χ3v) is 6.63. The Morgan fingerprint density at radius 1 is 1.06 bits per heavy atom. The average molecular weight is 481 g/mol. The third kappa shape index (κ3) is 4.68. The number of allylic oxidation sites excluding steroid dienone is 1. The van der Waals surface area contributed by atoms with E-state index in [1.54, 1.807) is 11.8 Å². The molecule has 0 unspecified atom stereocenters. The maximum Gasteiger partial charge on any atom is 0.338 e. The monoisotopic (exact) mass is 480 g/mol. The second kappa shape index (κ2) is 10.3. The molecule has 1 saturated heterocycles. The van der Waals surface area contributed by atoms with E-state index in [4.69, 9.17) is 14.2 Å². The fourth-order valence-electron chi connectivity index (χ4n) is 4.02. The zero-order chi connectivity index (χ0) is 24.2. The van der Waals surface area contributed by atoms with Crippen LogP contribution in [-0.2, 0) is 20.9 Å². The molecule has 0 spiro atoms. The van der Waals surface area contributed by atoms with Gasteiger partial charge in [0.25, 0.3) is 0 Å². The van der Waals surface area contributed by atoms with Crippen molar-refractivity contribution in [3.8, 4) is 11.5 Å². The quantitative estimate of drug-likeness (QED) is 0.502. The minimum atomic E-state index is -0.671. The maximum absolute atomic E-state index is 13.4. The van der Waals surface area contributed by atoms with Gasteiger partial charge in [0.05, 0.1) is 35.8 Å². The molecule has 0 saturated carbocycles. The molecule has 2 aliphatic rings. The lowest BCUT2D eigenvalue weighted by Gasteiger charge is -2.33. The Morgan fingerprint density at radius 3 is 2.47 bits per heavy atom. The van der Waals surface area contributed by atoms with Gasteiger partial charge in [0, 0.05) is 0 Å². The van der Waals surface area contributed by atoms with Gasteiger partial charge in [0.2, 0.25) is 5.91 Å². The summed E-state index contributed by atoms with van der Waals surface area (Å²) in [5, 5.41) is 0.300. The highest BCUT2D eigenvalue weighted by molar-refractivity contribution is 8.15. The molecule has 7 nitrogen and oxygen atoms in total. The second-order valence-electron chi connectivity index (χ2n) is 7.90. The number of fused-ring (bicyclic) bond motifs is 1. The number of amides is 1. The predicted octanol–water partition coefficient (Wildman–Crippen LogP) is 4.88. The zero-order valence-corrected chi connectivity index (χ0v) is 20.6. The summed E-state index contributed by atoms with van der Waals surface area (Å²) in [5.74, 6) is 0.579. The summed E-state index contributed by atoms with van der Waals surface area (Å²) in [6.07, 6.45) is 0. The van der Waals surface area contributed by atoms with Crippen LogP contribution in [0.4, 0.5) is 0 Å². The molecule has 178 valence electrons. The summed E-state index contributed by atoms with van der Waals surface area (Å²) in [4.78, 5) is 32.7. The number of carbonyl (C=O) groups excluding carboxylic acids is 2. The Balaban J connectivity index is 1.74. The molecular weight excluding hydrogens is 452 g/mol. The highest BCUT2D eigenvalue weighted by Crippen LogP contribution is 2.45. The standard InChI is InChI=1S/C26H28N2O5S/c1-5-31-20-13-12-19(14-21(20)32-6-2)23-22(25(30)33-15-18-10-8-7-9-11-18)16(3)27-26-28(23)24(29)17(4)34-26/h7-14,17,23H,5-6,15H2,1-4H3/t17-,23-/m1/s1.